The summed E-state index contributed by atoms with van der Waals surface area (Å²) in [6.07, 6.45) is -1.41. The van der Waals surface area contributed by atoms with E-state index >= 15 is 0 Å². The number of hydrogen-bond donors (Lipinski definition) is 3. The fourth-order valence-electron chi connectivity index (χ4n) is 4.88. The molecule has 0 unspecified atom stereocenters. The first-order valence-electron chi connectivity index (χ1n) is 14.0. The Labute approximate surface area is 238 Å². The lowest BCUT2D eigenvalue weighted by atomic mass is 10.0. The number of ether oxygens (including phenoxy) is 1. The summed E-state index contributed by atoms with van der Waals surface area (Å²) in [6.45, 7) is 2.74. The third-order valence-corrected chi connectivity index (χ3v) is 7.64. The van der Waals surface area contributed by atoms with Crippen molar-refractivity contribution in [2.24, 2.45) is 5.92 Å². The van der Waals surface area contributed by atoms with E-state index in [1.165, 1.54) is 17.0 Å². The van der Waals surface area contributed by atoms with Crippen LogP contribution in [0.5, 0.6) is 5.75 Å². The number of para-hydroxylation sites is 1. The highest BCUT2D eigenvalue weighted by Crippen LogP contribution is 2.33. The van der Waals surface area contributed by atoms with Gasteiger partial charge in [-0.2, -0.15) is 13.2 Å². The third-order valence-electron chi connectivity index (χ3n) is 7.64. The highest BCUT2D eigenvalue weighted by atomic mass is 19.4. The normalized spacial score (nSPS) is 23.9. The second-order valence-corrected chi connectivity index (χ2v) is 10.7. The summed E-state index contributed by atoms with van der Waals surface area (Å²) in [4.78, 5) is 41.2. The number of carbonyl (C=O) groups is 3. The van der Waals surface area contributed by atoms with Crippen molar-refractivity contribution in [3.05, 3.63) is 65.2 Å². The van der Waals surface area contributed by atoms with Gasteiger partial charge in [-0.25, -0.2) is 0 Å². The van der Waals surface area contributed by atoms with Crippen LogP contribution in [0.4, 0.5) is 13.2 Å². The number of aryl methyl sites for hydroxylation is 1. The molecule has 4 rings (SSSR count). The maximum absolute atomic E-state index is 13.4. The Kier molecular flexibility index (Phi) is 9.90. The molecule has 0 bridgehead atoms. The van der Waals surface area contributed by atoms with E-state index in [9.17, 15) is 27.6 Å². The van der Waals surface area contributed by atoms with Crippen LogP contribution in [-0.2, 0) is 33.4 Å². The maximum atomic E-state index is 13.4. The van der Waals surface area contributed by atoms with Gasteiger partial charge in [-0.15, -0.1) is 0 Å². The lowest BCUT2D eigenvalue weighted by Gasteiger charge is -2.30. The van der Waals surface area contributed by atoms with Crippen LogP contribution in [0.25, 0.3) is 0 Å². The Morgan fingerprint density at radius 3 is 2.37 bits per heavy atom. The Balaban J connectivity index is 1.54. The van der Waals surface area contributed by atoms with Crippen LogP contribution in [0.2, 0.25) is 0 Å². The van der Waals surface area contributed by atoms with Gasteiger partial charge in [0.2, 0.25) is 17.7 Å². The van der Waals surface area contributed by atoms with Crippen molar-refractivity contribution in [2.45, 2.75) is 63.3 Å². The van der Waals surface area contributed by atoms with Crippen LogP contribution in [0.3, 0.4) is 0 Å². The predicted molar refractivity (Wildman–Crippen MR) is 147 cm³/mol. The smallest absolute Gasteiger partial charge is 0.416 e. The van der Waals surface area contributed by atoms with E-state index in [0.29, 0.717) is 38.1 Å². The van der Waals surface area contributed by atoms with Crippen molar-refractivity contribution in [2.75, 3.05) is 26.7 Å². The lowest BCUT2D eigenvalue weighted by Crippen LogP contribution is -2.56. The van der Waals surface area contributed by atoms with E-state index in [0.717, 1.165) is 36.3 Å². The van der Waals surface area contributed by atoms with Crippen LogP contribution < -0.4 is 20.7 Å². The molecule has 1 fully saturated rings. The summed E-state index contributed by atoms with van der Waals surface area (Å²) in [5.74, 6) is -0.283. The highest BCUT2D eigenvalue weighted by Gasteiger charge is 2.39. The van der Waals surface area contributed by atoms with Gasteiger partial charge < -0.3 is 25.6 Å². The summed E-state index contributed by atoms with van der Waals surface area (Å²) >= 11 is 0. The zero-order chi connectivity index (χ0) is 29.6. The fourth-order valence-corrected chi connectivity index (χ4v) is 4.88. The van der Waals surface area contributed by atoms with Gasteiger partial charge in [0.15, 0.2) is 0 Å². The number of nitrogens with one attached hydrogen (secondary N) is 3. The van der Waals surface area contributed by atoms with Crippen molar-refractivity contribution in [3.8, 4) is 5.75 Å². The molecule has 3 amide bonds. The van der Waals surface area contributed by atoms with Gasteiger partial charge in [0.25, 0.3) is 0 Å². The number of likely N-dealkylation sites (N-methyl/N-ethyl adjacent to an activating group) is 1. The van der Waals surface area contributed by atoms with Crippen molar-refractivity contribution in [3.63, 3.8) is 0 Å². The van der Waals surface area contributed by atoms with E-state index in [4.69, 9.17) is 4.74 Å². The molecule has 8 nitrogen and oxygen atoms in total. The molecular formula is C30H37F3N4O4. The number of nitrogens with zero attached hydrogens (tertiary/aromatic N) is 1. The number of benzene rings is 2. The van der Waals surface area contributed by atoms with E-state index in [1.54, 1.807) is 14.0 Å². The number of halogens is 3. The number of hydrogen-bond acceptors (Lipinski definition) is 5. The molecule has 2 aliphatic rings. The number of amides is 3. The first-order chi connectivity index (χ1) is 19.5. The molecular weight excluding hydrogens is 537 g/mol. The second-order valence-electron chi connectivity index (χ2n) is 10.7. The van der Waals surface area contributed by atoms with Crippen LogP contribution in [0, 0.1) is 5.92 Å². The second kappa shape index (κ2) is 13.4. The average Bonchev–Trinajstić information content (AvgIpc) is 3.79. The quantitative estimate of drug-likeness (QED) is 0.524. The molecule has 2 aromatic rings. The van der Waals surface area contributed by atoms with Crippen LogP contribution in [-0.4, -0.2) is 67.5 Å². The molecule has 1 saturated carbocycles. The largest absolute Gasteiger partial charge is 0.492 e. The van der Waals surface area contributed by atoms with Gasteiger partial charge in [0.05, 0.1) is 11.6 Å². The molecule has 0 radical (unpaired) electrons. The number of carbonyl (C=O) groups excluding carboxylic acids is 3. The molecule has 2 aromatic carbocycles. The first kappa shape index (κ1) is 30.4. The molecule has 1 aliphatic heterocycles. The van der Waals surface area contributed by atoms with Crippen molar-refractivity contribution in [1.29, 1.82) is 0 Å². The fraction of sp³-hybridized carbons (Fsp3) is 0.500. The summed E-state index contributed by atoms with van der Waals surface area (Å²) in [5.41, 5.74) is 0.652. The molecule has 0 spiro atoms. The van der Waals surface area contributed by atoms with Crippen molar-refractivity contribution < 1.29 is 32.3 Å². The molecule has 0 aromatic heterocycles. The molecule has 1 heterocycles. The van der Waals surface area contributed by atoms with E-state index < -0.39 is 41.7 Å². The summed E-state index contributed by atoms with van der Waals surface area (Å²) in [6, 6.07) is 9.79. The number of fused-ring (bicyclic) bond motifs is 1. The number of rotatable bonds is 3. The Morgan fingerprint density at radius 2 is 1.68 bits per heavy atom. The third kappa shape index (κ3) is 8.22. The highest BCUT2D eigenvalue weighted by molar-refractivity contribution is 5.93. The van der Waals surface area contributed by atoms with Gasteiger partial charge in [-0.3, -0.25) is 14.4 Å². The minimum atomic E-state index is -4.48. The predicted octanol–water partition coefficient (Wildman–Crippen LogP) is 3.09. The SMILES string of the molecule is C[C@@H]1C(=O)N[C@H](Cc2ccc(C(F)(F)F)cc2)C(=O)NCCCc2ccccc2OCCN[C@@H](C2CC2)C(=O)N1C. The minimum Gasteiger partial charge on any atom is -0.492 e. The summed E-state index contributed by atoms with van der Waals surface area (Å²) in [7, 11) is 1.56. The minimum absolute atomic E-state index is 0.0109. The van der Waals surface area contributed by atoms with Crippen LogP contribution >= 0.6 is 0 Å². The number of alkyl halides is 3. The zero-order valence-corrected chi connectivity index (χ0v) is 23.3. The van der Waals surface area contributed by atoms with Gasteiger partial charge in [0, 0.05) is 26.6 Å². The van der Waals surface area contributed by atoms with Crippen LogP contribution in [0.1, 0.15) is 42.9 Å². The molecule has 3 atom stereocenters. The Hall–Kier alpha value is -3.60. The zero-order valence-electron chi connectivity index (χ0n) is 23.3. The molecule has 1 aliphatic carbocycles. The van der Waals surface area contributed by atoms with E-state index in [-0.39, 0.29) is 18.2 Å². The first-order valence-corrected chi connectivity index (χ1v) is 14.0. The van der Waals surface area contributed by atoms with Gasteiger partial charge in [-0.05, 0) is 67.9 Å². The average molecular weight is 575 g/mol. The standard InChI is InChI=1S/C30H37F3N4O4/c1-19-27(38)36-24(18-20-9-13-23(14-10-20)30(31,32)33)28(39)35-15-5-7-21-6-3-4-8-25(21)41-17-16-34-26(22-11-12-22)29(40)37(19)2/h3-4,6,8-10,13-14,19,22,24,26,34H,5,7,11-12,15-18H2,1-2H3,(H,35,39)(H,36,38)/t19-,24-,26+/m1/s1. The van der Waals surface area contributed by atoms with Gasteiger partial charge in [0.1, 0.15) is 24.4 Å². The topological polar surface area (TPSA) is 99.8 Å². The van der Waals surface area contributed by atoms with Crippen LogP contribution in [0.15, 0.2) is 48.5 Å². The Bertz CT molecular complexity index is 1220. The molecule has 0 saturated heterocycles. The van der Waals surface area contributed by atoms with Crippen molar-refractivity contribution in [1.82, 2.24) is 20.9 Å². The monoisotopic (exact) mass is 574 g/mol. The van der Waals surface area contributed by atoms with E-state index in [1.807, 2.05) is 24.3 Å². The molecule has 41 heavy (non-hydrogen) atoms. The Morgan fingerprint density at radius 1 is 0.976 bits per heavy atom. The summed E-state index contributed by atoms with van der Waals surface area (Å²) in [5, 5.41) is 8.88. The maximum Gasteiger partial charge on any atom is 0.416 e. The van der Waals surface area contributed by atoms with Crippen molar-refractivity contribution >= 4 is 17.7 Å². The van der Waals surface area contributed by atoms with Gasteiger partial charge in [-0.1, -0.05) is 30.3 Å². The van der Waals surface area contributed by atoms with E-state index in [2.05, 4.69) is 16.0 Å². The van der Waals surface area contributed by atoms with Gasteiger partial charge >= 0.3 is 6.18 Å². The summed E-state index contributed by atoms with van der Waals surface area (Å²) < 4.78 is 45.1. The molecule has 11 heteroatoms. The lowest BCUT2D eigenvalue weighted by molar-refractivity contribution is -0.141. The molecule has 3 N–H and O–H groups in total. The molecule has 222 valence electrons.